The number of carbonyl (C=O) groups is 1. The lowest BCUT2D eigenvalue weighted by Crippen LogP contribution is -2.10. The van der Waals surface area contributed by atoms with E-state index in [9.17, 15) is 4.79 Å². The Hall–Kier alpha value is -0.360. The fourth-order valence-corrected chi connectivity index (χ4v) is 3.38. The lowest BCUT2D eigenvalue weighted by atomic mass is 10.3. The highest BCUT2D eigenvalue weighted by molar-refractivity contribution is 9.11. The summed E-state index contributed by atoms with van der Waals surface area (Å²) in [5, 5.41) is 0.614. The maximum atomic E-state index is 11.8. The molecular formula is C12H7Br2ClO2S. The molecule has 18 heavy (non-hydrogen) atoms. The molecule has 1 aromatic heterocycles. The van der Waals surface area contributed by atoms with Crippen LogP contribution in [0.2, 0.25) is 5.02 Å². The average molecular weight is 411 g/mol. The predicted molar refractivity (Wildman–Crippen MR) is 81.0 cm³/mol. The van der Waals surface area contributed by atoms with E-state index in [1.807, 2.05) is 6.07 Å². The van der Waals surface area contributed by atoms with Crippen molar-refractivity contribution in [1.82, 2.24) is 0 Å². The molecule has 0 fully saturated rings. The van der Waals surface area contributed by atoms with Gasteiger partial charge < -0.3 is 4.74 Å². The highest BCUT2D eigenvalue weighted by Gasteiger charge is 2.10. The highest BCUT2D eigenvalue weighted by Crippen LogP contribution is 2.28. The molecule has 0 bridgehead atoms. The maximum absolute atomic E-state index is 11.8. The van der Waals surface area contributed by atoms with Crippen molar-refractivity contribution in [1.29, 1.82) is 0 Å². The lowest BCUT2D eigenvalue weighted by molar-refractivity contribution is 0.0925. The van der Waals surface area contributed by atoms with E-state index in [0.717, 1.165) is 8.26 Å². The summed E-state index contributed by atoms with van der Waals surface area (Å²) in [6, 6.07) is 8.79. The number of thiophene rings is 1. The normalized spacial score (nSPS) is 10.4. The summed E-state index contributed by atoms with van der Waals surface area (Å²) >= 11 is 13.9. The number of hydrogen-bond donors (Lipinski definition) is 0. The molecule has 6 heteroatoms. The molecule has 0 saturated heterocycles. The first kappa shape index (κ1) is 14.1. The zero-order valence-electron chi connectivity index (χ0n) is 8.95. The van der Waals surface area contributed by atoms with E-state index in [2.05, 4.69) is 31.9 Å². The Morgan fingerprint density at radius 2 is 2.06 bits per heavy atom. The second-order valence-electron chi connectivity index (χ2n) is 3.39. The lowest BCUT2D eigenvalue weighted by Gasteiger charge is -2.06. The first-order valence-corrected chi connectivity index (χ1v) is 7.70. The summed E-state index contributed by atoms with van der Waals surface area (Å²) in [5.41, 5.74) is 0. The molecule has 0 amide bonds. The van der Waals surface area contributed by atoms with Gasteiger partial charge in [0.15, 0.2) is 6.61 Å². The van der Waals surface area contributed by atoms with Gasteiger partial charge in [-0.25, -0.2) is 0 Å². The van der Waals surface area contributed by atoms with Crippen LogP contribution in [0.4, 0.5) is 0 Å². The topological polar surface area (TPSA) is 26.3 Å². The van der Waals surface area contributed by atoms with Crippen LogP contribution in [0.25, 0.3) is 0 Å². The minimum absolute atomic E-state index is 0.00713. The number of rotatable bonds is 4. The first-order chi connectivity index (χ1) is 8.56. The largest absolute Gasteiger partial charge is 0.484 e. The van der Waals surface area contributed by atoms with E-state index in [1.54, 1.807) is 24.3 Å². The Labute approximate surface area is 130 Å². The zero-order chi connectivity index (χ0) is 13.1. The third-order valence-corrected chi connectivity index (χ3v) is 4.62. The maximum Gasteiger partial charge on any atom is 0.210 e. The summed E-state index contributed by atoms with van der Waals surface area (Å²) < 4.78 is 7.11. The number of hydrogen-bond acceptors (Lipinski definition) is 3. The molecule has 2 nitrogen and oxygen atoms in total. The van der Waals surface area contributed by atoms with E-state index in [-0.39, 0.29) is 12.4 Å². The molecule has 0 spiro atoms. The van der Waals surface area contributed by atoms with Crippen molar-refractivity contribution in [2.75, 3.05) is 6.61 Å². The number of benzene rings is 1. The van der Waals surface area contributed by atoms with Gasteiger partial charge in [0.2, 0.25) is 5.78 Å². The standard InChI is InChI=1S/C12H7Br2ClO2S/c13-8-5-7(15)1-2-10(8)17-6-9(16)11-3-4-12(14)18-11/h1-5H,6H2. The van der Waals surface area contributed by atoms with Crippen LogP contribution >= 0.6 is 54.8 Å². The molecule has 0 aliphatic heterocycles. The summed E-state index contributed by atoms with van der Waals surface area (Å²) in [6.07, 6.45) is 0. The minimum Gasteiger partial charge on any atom is -0.484 e. The van der Waals surface area contributed by atoms with Crippen molar-refractivity contribution < 1.29 is 9.53 Å². The monoisotopic (exact) mass is 408 g/mol. The van der Waals surface area contributed by atoms with Gasteiger partial charge in [-0.2, -0.15) is 0 Å². The fraction of sp³-hybridized carbons (Fsp3) is 0.0833. The van der Waals surface area contributed by atoms with Crippen LogP contribution in [0.5, 0.6) is 5.75 Å². The van der Waals surface area contributed by atoms with E-state index >= 15 is 0 Å². The third-order valence-electron chi connectivity index (χ3n) is 2.10. The molecule has 0 aliphatic rings. The van der Waals surface area contributed by atoms with Crippen molar-refractivity contribution in [3.63, 3.8) is 0 Å². The quantitative estimate of drug-likeness (QED) is 0.649. The number of carbonyl (C=O) groups excluding carboxylic acids is 1. The molecule has 1 heterocycles. The predicted octanol–water partition coefficient (Wildman–Crippen LogP) is 5.19. The first-order valence-electron chi connectivity index (χ1n) is 4.92. The van der Waals surface area contributed by atoms with Gasteiger partial charge in [-0.05, 0) is 62.2 Å². The number of halogens is 3. The molecular weight excluding hydrogens is 403 g/mol. The molecule has 2 rings (SSSR count). The van der Waals surface area contributed by atoms with Crippen LogP contribution in [0.15, 0.2) is 38.6 Å². The van der Waals surface area contributed by atoms with E-state index < -0.39 is 0 Å². The summed E-state index contributed by atoms with van der Waals surface area (Å²) in [5.74, 6) is 0.552. The van der Waals surface area contributed by atoms with Crippen LogP contribution < -0.4 is 4.74 Å². The number of ketones is 1. The van der Waals surface area contributed by atoms with Crippen molar-refractivity contribution in [3.8, 4) is 5.75 Å². The molecule has 1 aromatic carbocycles. The third kappa shape index (κ3) is 3.57. The van der Waals surface area contributed by atoms with Crippen LogP contribution in [-0.4, -0.2) is 12.4 Å². The second kappa shape index (κ2) is 6.19. The van der Waals surface area contributed by atoms with Gasteiger partial charge in [0.25, 0.3) is 0 Å². The average Bonchev–Trinajstić information content (AvgIpc) is 2.74. The van der Waals surface area contributed by atoms with Gasteiger partial charge in [0.05, 0.1) is 13.1 Å². The fourth-order valence-electron chi connectivity index (χ4n) is 1.27. The summed E-state index contributed by atoms with van der Waals surface area (Å²) in [7, 11) is 0. The molecule has 0 radical (unpaired) electrons. The Bertz CT molecular complexity index is 583. The number of Topliss-reactive ketones (excluding diaryl/α,β-unsaturated/α-hetero) is 1. The van der Waals surface area contributed by atoms with Gasteiger partial charge >= 0.3 is 0 Å². The molecule has 0 atom stereocenters. The molecule has 0 unspecified atom stereocenters. The van der Waals surface area contributed by atoms with Crippen LogP contribution in [-0.2, 0) is 0 Å². The Morgan fingerprint density at radius 3 is 2.67 bits per heavy atom. The summed E-state index contributed by atoms with van der Waals surface area (Å²) in [6.45, 7) is 0.00713. The molecule has 0 N–H and O–H groups in total. The zero-order valence-corrected chi connectivity index (χ0v) is 13.7. The smallest absolute Gasteiger partial charge is 0.210 e. The SMILES string of the molecule is O=C(COc1ccc(Cl)cc1Br)c1ccc(Br)s1. The van der Waals surface area contributed by atoms with Crippen molar-refractivity contribution in [2.45, 2.75) is 0 Å². The van der Waals surface area contributed by atoms with Gasteiger partial charge in [-0.3, -0.25) is 4.79 Å². The summed E-state index contributed by atoms with van der Waals surface area (Å²) in [4.78, 5) is 12.5. The Balaban J connectivity index is 2.01. The van der Waals surface area contributed by atoms with Gasteiger partial charge in [0, 0.05) is 5.02 Å². The van der Waals surface area contributed by atoms with Crippen molar-refractivity contribution in [2.24, 2.45) is 0 Å². The van der Waals surface area contributed by atoms with Crippen molar-refractivity contribution in [3.05, 3.63) is 48.5 Å². The van der Waals surface area contributed by atoms with Gasteiger partial charge in [-0.15, -0.1) is 11.3 Å². The van der Waals surface area contributed by atoms with Crippen molar-refractivity contribution >= 4 is 60.6 Å². The van der Waals surface area contributed by atoms with Crippen LogP contribution in [0.3, 0.4) is 0 Å². The Morgan fingerprint density at radius 1 is 1.28 bits per heavy atom. The minimum atomic E-state index is -0.0486. The van der Waals surface area contributed by atoms with Crippen LogP contribution in [0.1, 0.15) is 9.67 Å². The Kier molecular flexibility index (Phi) is 4.84. The van der Waals surface area contributed by atoms with Crippen LogP contribution in [0, 0.1) is 0 Å². The second-order valence-corrected chi connectivity index (χ2v) is 7.14. The highest BCUT2D eigenvalue weighted by atomic mass is 79.9. The van der Waals surface area contributed by atoms with Gasteiger partial charge in [0.1, 0.15) is 5.75 Å². The molecule has 0 aliphatic carbocycles. The molecule has 2 aromatic rings. The van der Waals surface area contributed by atoms with E-state index in [1.165, 1.54) is 11.3 Å². The van der Waals surface area contributed by atoms with E-state index in [4.69, 9.17) is 16.3 Å². The molecule has 94 valence electrons. The number of ether oxygens (including phenoxy) is 1. The van der Waals surface area contributed by atoms with Gasteiger partial charge in [-0.1, -0.05) is 11.6 Å². The molecule has 0 saturated carbocycles. The van der Waals surface area contributed by atoms with E-state index in [0.29, 0.717) is 15.6 Å².